The summed E-state index contributed by atoms with van der Waals surface area (Å²) in [6.45, 7) is 0.0783. The fraction of sp³-hybridized carbons (Fsp3) is 0.875. The molecule has 1 unspecified atom stereocenters. The van der Waals surface area contributed by atoms with Gasteiger partial charge in [0.15, 0.2) is 0 Å². The van der Waals surface area contributed by atoms with Crippen molar-refractivity contribution in [2.45, 2.75) is 37.5 Å². The Morgan fingerprint density at radius 2 is 2.06 bits per heavy atom. The third-order valence-electron chi connectivity index (χ3n) is 2.51. The molecule has 0 heterocycles. The molecule has 0 aliphatic rings. The van der Waals surface area contributed by atoms with E-state index < -0.39 is 18.6 Å². The summed E-state index contributed by atoms with van der Waals surface area (Å²) in [4.78, 5) is 11.0. The number of unbranched alkanes of at least 4 members (excludes halogenated alkanes) is 1. The topological polar surface area (TPSA) is 137 Å². The number of rotatable bonds is 10. The van der Waals surface area contributed by atoms with Crippen LogP contribution >= 0.6 is 0 Å². The van der Waals surface area contributed by atoms with E-state index in [0.29, 0.717) is 12.8 Å². The predicted octanol–water partition coefficient (Wildman–Crippen LogP) is -0.800. The first kappa shape index (κ1) is 16.1. The molecule has 0 radical (unpaired) electrons. The molecule has 1 atom stereocenters. The standard InChI is InChI=1S/C8H18B2N2O5/c11-8(7(13)14,4-6-17-9-12)3-1-2-5-10(15)16/h12,15-16H,1-6,11H2,(H,13,14). The van der Waals surface area contributed by atoms with Gasteiger partial charge in [0.1, 0.15) is 0 Å². The van der Waals surface area contributed by atoms with Crippen molar-refractivity contribution in [3.63, 3.8) is 0 Å². The SMILES string of the molecule is N=BOCCC(N)(CCCCB(O)O)C(=O)O. The number of nitrogens with two attached hydrogens (primary N) is 1. The summed E-state index contributed by atoms with van der Waals surface area (Å²) in [5.74, 6) is -1.12. The Morgan fingerprint density at radius 1 is 1.41 bits per heavy atom. The Kier molecular flexibility index (Phi) is 7.77. The summed E-state index contributed by atoms with van der Waals surface area (Å²) >= 11 is 0. The van der Waals surface area contributed by atoms with Crippen molar-refractivity contribution < 1.29 is 24.6 Å². The van der Waals surface area contributed by atoms with E-state index in [9.17, 15) is 4.79 Å². The van der Waals surface area contributed by atoms with Gasteiger partial charge in [0, 0.05) is 0 Å². The molecule has 0 aromatic rings. The molecule has 7 nitrogen and oxygen atoms in total. The van der Waals surface area contributed by atoms with E-state index in [0.717, 1.165) is 7.27 Å². The van der Waals surface area contributed by atoms with Gasteiger partial charge in [0.05, 0.1) is 0 Å². The molecule has 0 spiro atoms. The Morgan fingerprint density at radius 3 is 2.53 bits per heavy atom. The summed E-state index contributed by atoms with van der Waals surface area (Å²) in [7, 11) is -0.627. The van der Waals surface area contributed by atoms with Crippen molar-refractivity contribution in [3.05, 3.63) is 0 Å². The molecule has 9 heteroatoms. The van der Waals surface area contributed by atoms with Crippen LogP contribution in [0.25, 0.3) is 0 Å². The number of aliphatic carboxylic acids is 1. The Hall–Kier alpha value is -0.920. The summed E-state index contributed by atoms with van der Waals surface area (Å²) < 4.78 is 4.64. The molecule has 0 aromatic carbocycles. The minimum atomic E-state index is -1.39. The van der Waals surface area contributed by atoms with Crippen molar-refractivity contribution in [1.29, 1.82) is 5.31 Å². The van der Waals surface area contributed by atoms with E-state index in [1.165, 1.54) is 0 Å². The average molecular weight is 244 g/mol. The van der Waals surface area contributed by atoms with Crippen LogP contribution in [0.3, 0.4) is 0 Å². The van der Waals surface area contributed by atoms with Crippen LogP contribution < -0.4 is 5.73 Å². The molecular formula is C8H18B2N2O5. The van der Waals surface area contributed by atoms with Crippen LogP contribution in [0.5, 0.6) is 0 Å². The van der Waals surface area contributed by atoms with Crippen LogP contribution in [0, 0.1) is 5.31 Å². The fourth-order valence-electron chi connectivity index (χ4n) is 1.41. The van der Waals surface area contributed by atoms with Crippen molar-refractivity contribution in [1.82, 2.24) is 0 Å². The average Bonchev–Trinajstić information content (AvgIpc) is 2.24. The van der Waals surface area contributed by atoms with E-state index in [2.05, 4.69) is 4.65 Å². The Bertz CT molecular complexity index is 254. The van der Waals surface area contributed by atoms with Crippen LogP contribution in [0.2, 0.25) is 6.32 Å². The van der Waals surface area contributed by atoms with Gasteiger partial charge in [-0.1, -0.05) is 0 Å². The molecule has 0 aromatic heterocycles. The summed E-state index contributed by atoms with van der Waals surface area (Å²) in [6.07, 6.45) is 1.53. The molecule has 0 saturated heterocycles. The molecule has 0 amide bonds. The zero-order chi connectivity index (χ0) is 13.3. The fourth-order valence-corrected chi connectivity index (χ4v) is 1.41. The van der Waals surface area contributed by atoms with Gasteiger partial charge in [-0.15, -0.1) is 0 Å². The number of carboxylic acid groups (broad SMARTS) is 1. The maximum absolute atomic E-state index is 11.0. The zero-order valence-electron chi connectivity index (χ0n) is 9.63. The third-order valence-corrected chi connectivity index (χ3v) is 2.51. The van der Waals surface area contributed by atoms with Gasteiger partial charge in [-0.2, -0.15) is 0 Å². The van der Waals surface area contributed by atoms with Crippen molar-refractivity contribution >= 4 is 20.4 Å². The second kappa shape index (κ2) is 8.21. The molecule has 0 aliphatic carbocycles. The molecular weight excluding hydrogens is 226 g/mol. The van der Waals surface area contributed by atoms with Crippen LogP contribution in [0.15, 0.2) is 0 Å². The van der Waals surface area contributed by atoms with Gasteiger partial charge in [0.25, 0.3) is 0 Å². The molecule has 17 heavy (non-hydrogen) atoms. The van der Waals surface area contributed by atoms with Crippen molar-refractivity contribution in [3.8, 4) is 0 Å². The molecule has 6 N–H and O–H groups in total. The first-order valence-electron chi connectivity index (χ1n) is 5.41. The molecule has 0 fully saturated rings. The summed E-state index contributed by atoms with van der Waals surface area (Å²) in [6, 6.07) is 0. The van der Waals surface area contributed by atoms with E-state index >= 15 is 0 Å². The second-order valence-electron chi connectivity index (χ2n) is 3.93. The van der Waals surface area contributed by atoms with Crippen LogP contribution in [0.4, 0.5) is 0 Å². The molecule has 0 aliphatic heterocycles. The predicted molar refractivity (Wildman–Crippen MR) is 62.4 cm³/mol. The van der Waals surface area contributed by atoms with Gasteiger partial charge in [0.2, 0.25) is 0 Å². The van der Waals surface area contributed by atoms with Gasteiger partial charge < -0.3 is 0 Å². The van der Waals surface area contributed by atoms with Crippen LogP contribution in [0.1, 0.15) is 25.7 Å². The van der Waals surface area contributed by atoms with Crippen LogP contribution in [-0.2, 0) is 9.45 Å². The second-order valence-corrected chi connectivity index (χ2v) is 3.93. The molecule has 0 bridgehead atoms. The van der Waals surface area contributed by atoms with E-state index in [1.54, 1.807) is 0 Å². The maximum atomic E-state index is 11.0. The number of hydrogen-bond acceptors (Lipinski definition) is 6. The van der Waals surface area contributed by atoms with E-state index in [1.807, 2.05) is 0 Å². The number of carboxylic acids is 1. The zero-order valence-corrected chi connectivity index (χ0v) is 9.63. The monoisotopic (exact) mass is 244 g/mol. The molecule has 96 valence electrons. The number of hydrogen-bond donors (Lipinski definition) is 5. The number of nitrogens with one attached hydrogen (secondary N) is 1. The quantitative estimate of drug-likeness (QED) is 0.252. The van der Waals surface area contributed by atoms with Crippen LogP contribution in [-0.4, -0.2) is 47.7 Å². The van der Waals surface area contributed by atoms with E-state index in [4.69, 9.17) is 26.2 Å². The molecule has 0 saturated carbocycles. The van der Waals surface area contributed by atoms with Crippen molar-refractivity contribution in [2.24, 2.45) is 5.73 Å². The third kappa shape index (κ3) is 7.09. The van der Waals surface area contributed by atoms with E-state index in [-0.39, 0.29) is 25.8 Å². The first-order valence-corrected chi connectivity index (χ1v) is 5.41. The van der Waals surface area contributed by atoms with Gasteiger partial charge >= 0.3 is 100 Å². The van der Waals surface area contributed by atoms with Gasteiger partial charge in [-0.25, -0.2) is 0 Å². The summed E-state index contributed by atoms with van der Waals surface area (Å²) in [5, 5.41) is 32.9. The Balaban J connectivity index is 4.03. The van der Waals surface area contributed by atoms with Gasteiger partial charge in [-0.05, 0) is 0 Å². The minimum absolute atomic E-state index is 0.0783. The summed E-state index contributed by atoms with van der Waals surface area (Å²) in [5.41, 5.74) is 4.33. The van der Waals surface area contributed by atoms with Gasteiger partial charge in [-0.3, -0.25) is 0 Å². The Labute approximate surface area is 101 Å². The molecule has 0 rings (SSSR count). The first-order chi connectivity index (χ1) is 7.92. The van der Waals surface area contributed by atoms with Crippen molar-refractivity contribution in [2.75, 3.05) is 6.61 Å². The number of carbonyl (C=O) groups is 1. The normalized spacial score (nSPS) is 13.6.